The first kappa shape index (κ1) is 17.7. The standard InChI is InChI=1S/C19H17ClN4O2/c1-12-4-3-5-13(10-12)22-18(25)16-8-9-21-19(24-16)23-14-6-7-17(26-2)15(20)11-14/h3-11H,1-2H3,(H,22,25)(H,21,23,24). The van der Waals surface area contributed by atoms with E-state index in [-0.39, 0.29) is 11.6 Å². The van der Waals surface area contributed by atoms with Gasteiger partial charge in [-0.15, -0.1) is 0 Å². The van der Waals surface area contributed by atoms with Gasteiger partial charge in [0, 0.05) is 17.6 Å². The maximum Gasteiger partial charge on any atom is 0.274 e. The lowest BCUT2D eigenvalue weighted by atomic mass is 10.2. The van der Waals surface area contributed by atoms with Crippen LogP contribution in [0.5, 0.6) is 5.75 Å². The Morgan fingerprint density at radius 1 is 1.12 bits per heavy atom. The first-order valence-electron chi connectivity index (χ1n) is 7.87. The van der Waals surface area contributed by atoms with E-state index in [1.54, 1.807) is 31.4 Å². The number of hydrogen-bond donors (Lipinski definition) is 2. The van der Waals surface area contributed by atoms with Gasteiger partial charge < -0.3 is 15.4 Å². The van der Waals surface area contributed by atoms with Crippen molar-refractivity contribution in [1.29, 1.82) is 0 Å². The molecule has 6 nitrogen and oxygen atoms in total. The average molecular weight is 369 g/mol. The minimum atomic E-state index is -0.311. The molecule has 0 bridgehead atoms. The predicted molar refractivity (Wildman–Crippen MR) is 102 cm³/mol. The number of anilines is 3. The van der Waals surface area contributed by atoms with Gasteiger partial charge >= 0.3 is 0 Å². The highest BCUT2D eigenvalue weighted by molar-refractivity contribution is 6.32. The topological polar surface area (TPSA) is 76.1 Å². The number of ether oxygens (including phenoxy) is 1. The van der Waals surface area contributed by atoms with Gasteiger partial charge in [0.1, 0.15) is 11.4 Å². The summed E-state index contributed by atoms with van der Waals surface area (Å²) < 4.78 is 5.12. The van der Waals surface area contributed by atoms with Crippen LogP contribution in [0.4, 0.5) is 17.3 Å². The van der Waals surface area contributed by atoms with Gasteiger partial charge in [0.15, 0.2) is 0 Å². The second-order valence-corrected chi connectivity index (χ2v) is 5.97. The molecule has 26 heavy (non-hydrogen) atoms. The maximum absolute atomic E-state index is 12.4. The van der Waals surface area contributed by atoms with E-state index >= 15 is 0 Å². The Labute approximate surface area is 156 Å². The lowest BCUT2D eigenvalue weighted by molar-refractivity contribution is 0.102. The van der Waals surface area contributed by atoms with E-state index in [2.05, 4.69) is 20.6 Å². The normalized spacial score (nSPS) is 10.3. The molecule has 0 saturated carbocycles. The SMILES string of the molecule is COc1ccc(Nc2nccc(C(=O)Nc3cccc(C)c3)n2)cc1Cl. The molecule has 0 unspecified atom stereocenters. The minimum Gasteiger partial charge on any atom is -0.495 e. The van der Waals surface area contributed by atoms with E-state index in [4.69, 9.17) is 16.3 Å². The van der Waals surface area contributed by atoms with E-state index in [0.717, 1.165) is 5.56 Å². The van der Waals surface area contributed by atoms with Crippen molar-refractivity contribution < 1.29 is 9.53 Å². The number of amides is 1. The third-order valence-corrected chi connectivity index (χ3v) is 3.87. The molecule has 2 aromatic carbocycles. The van der Waals surface area contributed by atoms with Gasteiger partial charge in [-0.1, -0.05) is 23.7 Å². The number of carbonyl (C=O) groups excluding carboxylic acids is 1. The molecule has 0 aliphatic heterocycles. The van der Waals surface area contributed by atoms with Gasteiger partial charge in [0.05, 0.1) is 12.1 Å². The smallest absolute Gasteiger partial charge is 0.274 e. The van der Waals surface area contributed by atoms with Crippen molar-refractivity contribution in [3.63, 3.8) is 0 Å². The zero-order valence-electron chi connectivity index (χ0n) is 14.3. The fourth-order valence-corrected chi connectivity index (χ4v) is 2.59. The highest BCUT2D eigenvalue weighted by Crippen LogP contribution is 2.28. The molecule has 0 fully saturated rings. The second-order valence-electron chi connectivity index (χ2n) is 5.56. The number of benzene rings is 2. The van der Waals surface area contributed by atoms with Gasteiger partial charge in [-0.25, -0.2) is 9.97 Å². The zero-order chi connectivity index (χ0) is 18.5. The summed E-state index contributed by atoms with van der Waals surface area (Å²) in [7, 11) is 1.55. The molecule has 1 heterocycles. The Balaban J connectivity index is 1.75. The third-order valence-electron chi connectivity index (χ3n) is 3.57. The molecule has 0 spiro atoms. The maximum atomic E-state index is 12.4. The number of rotatable bonds is 5. The molecule has 0 radical (unpaired) electrons. The van der Waals surface area contributed by atoms with Crippen LogP contribution in [0.1, 0.15) is 16.1 Å². The third kappa shape index (κ3) is 4.29. The van der Waals surface area contributed by atoms with Gasteiger partial charge in [0.25, 0.3) is 5.91 Å². The van der Waals surface area contributed by atoms with Gasteiger partial charge in [-0.05, 0) is 48.9 Å². The fourth-order valence-electron chi connectivity index (χ4n) is 2.34. The van der Waals surface area contributed by atoms with Crippen molar-refractivity contribution in [3.05, 3.63) is 71.0 Å². The molecular weight excluding hydrogens is 352 g/mol. The Bertz CT molecular complexity index is 946. The van der Waals surface area contributed by atoms with Crippen molar-refractivity contribution >= 4 is 34.8 Å². The van der Waals surface area contributed by atoms with E-state index in [0.29, 0.717) is 28.1 Å². The monoisotopic (exact) mass is 368 g/mol. The van der Waals surface area contributed by atoms with Crippen LogP contribution >= 0.6 is 11.6 Å². The Morgan fingerprint density at radius 3 is 2.69 bits per heavy atom. The predicted octanol–water partition coefficient (Wildman–Crippen LogP) is 4.44. The highest BCUT2D eigenvalue weighted by Gasteiger charge is 2.10. The number of halogens is 1. The van der Waals surface area contributed by atoms with Crippen LogP contribution in [0.2, 0.25) is 5.02 Å². The molecular formula is C19H17ClN4O2. The largest absolute Gasteiger partial charge is 0.495 e. The summed E-state index contributed by atoms with van der Waals surface area (Å²) in [5.74, 6) is 0.557. The molecule has 3 rings (SSSR count). The molecule has 3 aromatic rings. The molecule has 2 N–H and O–H groups in total. The van der Waals surface area contributed by atoms with E-state index in [1.807, 2.05) is 31.2 Å². The number of nitrogens with one attached hydrogen (secondary N) is 2. The molecule has 1 amide bonds. The number of hydrogen-bond acceptors (Lipinski definition) is 5. The van der Waals surface area contributed by atoms with Gasteiger partial charge in [0.2, 0.25) is 5.95 Å². The van der Waals surface area contributed by atoms with E-state index in [9.17, 15) is 4.79 Å². The summed E-state index contributed by atoms with van der Waals surface area (Å²) in [5.41, 5.74) is 2.71. The molecule has 0 aliphatic rings. The number of methoxy groups -OCH3 is 1. The summed E-state index contributed by atoms with van der Waals surface area (Å²) in [6.45, 7) is 1.96. The highest BCUT2D eigenvalue weighted by atomic mass is 35.5. The molecule has 7 heteroatoms. The van der Waals surface area contributed by atoms with Gasteiger partial charge in [-0.3, -0.25) is 4.79 Å². The lowest BCUT2D eigenvalue weighted by Crippen LogP contribution is -2.14. The first-order chi connectivity index (χ1) is 12.5. The van der Waals surface area contributed by atoms with Crippen molar-refractivity contribution in [2.45, 2.75) is 6.92 Å². The summed E-state index contributed by atoms with van der Waals surface area (Å²) in [6, 6.07) is 14.3. The van der Waals surface area contributed by atoms with Crippen LogP contribution in [0.3, 0.4) is 0 Å². The van der Waals surface area contributed by atoms with Crippen LogP contribution in [0, 0.1) is 6.92 Å². The van der Waals surface area contributed by atoms with Crippen LogP contribution in [0.15, 0.2) is 54.7 Å². The molecule has 132 valence electrons. The summed E-state index contributed by atoms with van der Waals surface area (Å²) in [6.07, 6.45) is 1.52. The van der Waals surface area contributed by atoms with Gasteiger partial charge in [-0.2, -0.15) is 0 Å². The van der Waals surface area contributed by atoms with E-state index < -0.39 is 0 Å². The number of aryl methyl sites for hydroxylation is 1. The molecule has 0 saturated heterocycles. The zero-order valence-corrected chi connectivity index (χ0v) is 15.0. The summed E-state index contributed by atoms with van der Waals surface area (Å²) >= 11 is 6.11. The number of aromatic nitrogens is 2. The summed E-state index contributed by atoms with van der Waals surface area (Å²) in [5, 5.41) is 6.31. The van der Waals surface area contributed by atoms with Crippen molar-refractivity contribution in [2.24, 2.45) is 0 Å². The van der Waals surface area contributed by atoms with Crippen LogP contribution in [0.25, 0.3) is 0 Å². The van der Waals surface area contributed by atoms with Crippen molar-refractivity contribution in [2.75, 3.05) is 17.7 Å². The number of carbonyl (C=O) groups is 1. The Kier molecular flexibility index (Phi) is 5.34. The van der Waals surface area contributed by atoms with Crippen LogP contribution in [-0.2, 0) is 0 Å². The van der Waals surface area contributed by atoms with Crippen LogP contribution in [-0.4, -0.2) is 23.0 Å². The average Bonchev–Trinajstić information content (AvgIpc) is 2.62. The molecule has 0 aliphatic carbocycles. The Morgan fingerprint density at radius 2 is 1.96 bits per heavy atom. The van der Waals surface area contributed by atoms with E-state index in [1.165, 1.54) is 6.20 Å². The lowest BCUT2D eigenvalue weighted by Gasteiger charge is -2.09. The van der Waals surface area contributed by atoms with Crippen molar-refractivity contribution in [1.82, 2.24) is 9.97 Å². The fraction of sp³-hybridized carbons (Fsp3) is 0.105. The van der Waals surface area contributed by atoms with Crippen LogP contribution < -0.4 is 15.4 Å². The second kappa shape index (κ2) is 7.84. The Hall–Kier alpha value is -3.12. The van der Waals surface area contributed by atoms with Crippen molar-refractivity contribution in [3.8, 4) is 5.75 Å². The number of nitrogens with zero attached hydrogens (tertiary/aromatic N) is 2. The molecule has 0 atom stereocenters. The first-order valence-corrected chi connectivity index (χ1v) is 8.24. The summed E-state index contributed by atoms with van der Waals surface area (Å²) in [4.78, 5) is 20.8. The minimum absolute atomic E-state index is 0.253. The quantitative estimate of drug-likeness (QED) is 0.696. The molecule has 1 aromatic heterocycles.